The number of aliphatic imine (C=N–C) groups is 1. The molecule has 1 aliphatic rings. The Bertz CT molecular complexity index is 459. The van der Waals surface area contributed by atoms with E-state index in [2.05, 4.69) is 27.6 Å². The van der Waals surface area contributed by atoms with Gasteiger partial charge in [-0.25, -0.2) is 0 Å². The molecular weight excluding hydrogens is 405 g/mol. The van der Waals surface area contributed by atoms with Crippen molar-refractivity contribution in [3.8, 4) is 0 Å². The first-order chi connectivity index (χ1) is 10.8. The molecule has 1 heterocycles. The maximum atomic E-state index is 5.62. The fourth-order valence-corrected chi connectivity index (χ4v) is 2.11. The molecule has 0 atom stereocenters. The quantitative estimate of drug-likeness (QED) is 0.256. The van der Waals surface area contributed by atoms with Crippen molar-refractivity contribution in [3.05, 3.63) is 18.0 Å². The molecule has 0 saturated heterocycles. The molecular formula is C16H30IN5O. The van der Waals surface area contributed by atoms with Gasteiger partial charge in [0.25, 0.3) is 0 Å². The zero-order chi connectivity index (χ0) is 15.6. The number of hydrogen-bond donors (Lipinski definition) is 2. The Hall–Kier alpha value is -0.830. The van der Waals surface area contributed by atoms with E-state index in [-0.39, 0.29) is 24.0 Å². The van der Waals surface area contributed by atoms with Crippen LogP contribution in [0.3, 0.4) is 0 Å². The van der Waals surface area contributed by atoms with Gasteiger partial charge in [-0.2, -0.15) is 5.10 Å². The van der Waals surface area contributed by atoms with Crippen molar-refractivity contribution in [1.29, 1.82) is 0 Å². The van der Waals surface area contributed by atoms with Gasteiger partial charge in [0.2, 0.25) is 0 Å². The van der Waals surface area contributed by atoms with Gasteiger partial charge in [0.1, 0.15) is 0 Å². The van der Waals surface area contributed by atoms with Crippen LogP contribution in [-0.4, -0.2) is 48.6 Å². The third-order valence-corrected chi connectivity index (χ3v) is 3.51. The lowest BCUT2D eigenvalue weighted by atomic mass is 10.4. The van der Waals surface area contributed by atoms with E-state index in [0.717, 1.165) is 57.7 Å². The van der Waals surface area contributed by atoms with E-state index >= 15 is 0 Å². The lowest BCUT2D eigenvalue weighted by molar-refractivity contribution is 0.123. The summed E-state index contributed by atoms with van der Waals surface area (Å²) in [4.78, 5) is 4.57. The summed E-state index contributed by atoms with van der Waals surface area (Å²) in [5, 5.41) is 10.9. The van der Waals surface area contributed by atoms with Crippen LogP contribution in [-0.2, 0) is 11.3 Å². The predicted octanol–water partition coefficient (Wildman–Crippen LogP) is 2.18. The number of aryl methyl sites for hydroxylation is 1. The van der Waals surface area contributed by atoms with Gasteiger partial charge in [-0.3, -0.25) is 9.67 Å². The highest BCUT2D eigenvalue weighted by Crippen LogP contribution is 2.28. The van der Waals surface area contributed by atoms with Crippen molar-refractivity contribution < 1.29 is 4.74 Å². The number of rotatable bonds is 10. The fourth-order valence-electron chi connectivity index (χ4n) is 2.11. The second kappa shape index (κ2) is 11.7. The van der Waals surface area contributed by atoms with Crippen LogP contribution in [0.25, 0.3) is 0 Å². The van der Waals surface area contributed by atoms with Crippen LogP contribution in [0, 0.1) is 12.8 Å². The van der Waals surface area contributed by atoms with Crippen LogP contribution in [0.15, 0.2) is 17.4 Å². The summed E-state index contributed by atoms with van der Waals surface area (Å²) < 4.78 is 7.56. The second-order valence-electron chi connectivity index (χ2n) is 5.84. The smallest absolute Gasteiger partial charge is 0.191 e. The molecule has 132 valence electrons. The molecule has 0 radical (unpaired) electrons. The summed E-state index contributed by atoms with van der Waals surface area (Å²) in [7, 11) is 0. The summed E-state index contributed by atoms with van der Waals surface area (Å²) >= 11 is 0. The fraction of sp³-hybridized carbons (Fsp3) is 0.750. The number of nitrogens with zero attached hydrogens (tertiary/aromatic N) is 3. The molecule has 23 heavy (non-hydrogen) atoms. The zero-order valence-electron chi connectivity index (χ0n) is 14.3. The minimum Gasteiger partial charge on any atom is -0.381 e. The van der Waals surface area contributed by atoms with E-state index in [0.29, 0.717) is 0 Å². The van der Waals surface area contributed by atoms with Crippen molar-refractivity contribution in [2.24, 2.45) is 10.9 Å². The Morgan fingerprint density at radius 1 is 1.43 bits per heavy atom. The van der Waals surface area contributed by atoms with Gasteiger partial charge < -0.3 is 15.4 Å². The van der Waals surface area contributed by atoms with Crippen molar-refractivity contribution in [2.45, 2.75) is 39.7 Å². The van der Waals surface area contributed by atoms with Gasteiger partial charge in [0.15, 0.2) is 5.96 Å². The van der Waals surface area contributed by atoms with E-state index in [1.165, 1.54) is 18.4 Å². The van der Waals surface area contributed by atoms with Crippen molar-refractivity contribution in [1.82, 2.24) is 20.4 Å². The first-order valence-electron chi connectivity index (χ1n) is 8.37. The molecule has 2 N–H and O–H groups in total. The molecule has 0 bridgehead atoms. The van der Waals surface area contributed by atoms with E-state index in [9.17, 15) is 0 Å². The minimum absolute atomic E-state index is 0. The third kappa shape index (κ3) is 9.14. The van der Waals surface area contributed by atoms with Crippen LogP contribution in [0.4, 0.5) is 0 Å². The molecule has 2 rings (SSSR count). The lowest BCUT2D eigenvalue weighted by Gasteiger charge is -2.11. The topological polar surface area (TPSA) is 63.5 Å². The van der Waals surface area contributed by atoms with Crippen molar-refractivity contribution in [3.63, 3.8) is 0 Å². The molecule has 1 aliphatic carbocycles. The average molecular weight is 435 g/mol. The Morgan fingerprint density at radius 2 is 2.26 bits per heavy atom. The van der Waals surface area contributed by atoms with Crippen LogP contribution < -0.4 is 10.6 Å². The number of ether oxygens (including phenoxy) is 1. The Morgan fingerprint density at radius 3 is 2.91 bits per heavy atom. The van der Waals surface area contributed by atoms with E-state index in [1.54, 1.807) is 0 Å². The third-order valence-electron chi connectivity index (χ3n) is 3.51. The number of nitrogens with one attached hydrogen (secondary N) is 2. The summed E-state index contributed by atoms with van der Waals surface area (Å²) in [5.41, 5.74) is 1.19. The molecule has 0 aliphatic heterocycles. The van der Waals surface area contributed by atoms with E-state index < -0.39 is 0 Å². The number of guanidine groups is 1. The predicted molar refractivity (Wildman–Crippen MR) is 105 cm³/mol. The van der Waals surface area contributed by atoms with Crippen molar-refractivity contribution >= 4 is 29.9 Å². The normalized spacial score (nSPS) is 14.4. The molecule has 1 saturated carbocycles. The highest BCUT2D eigenvalue weighted by molar-refractivity contribution is 14.0. The van der Waals surface area contributed by atoms with E-state index in [1.807, 2.05) is 24.0 Å². The summed E-state index contributed by atoms with van der Waals surface area (Å²) in [6.07, 6.45) is 7.59. The van der Waals surface area contributed by atoms with Crippen LogP contribution in [0.2, 0.25) is 0 Å². The SMILES string of the molecule is CCNC(=NCCCOCC1CC1)NCCn1cc(C)cn1.I. The number of aromatic nitrogens is 2. The van der Waals surface area contributed by atoms with E-state index in [4.69, 9.17) is 4.74 Å². The summed E-state index contributed by atoms with van der Waals surface area (Å²) in [5.74, 6) is 1.71. The van der Waals surface area contributed by atoms with Gasteiger partial charge in [-0.15, -0.1) is 24.0 Å². The Labute approximate surface area is 156 Å². The molecule has 0 aromatic carbocycles. The first-order valence-corrected chi connectivity index (χ1v) is 8.37. The first kappa shape index (κ1) is 20.2. The van der Waals surface area contributed by atoms with Gasteiger partial charge in [0.05, 0.1) is 12.7 Å². The second-order valence-corrected chi connectivity index (χ2v) is 5.84. The maximum Gasteiger partial charge on any atom is 0.191 e. The molecule has 0 unspecified atom stereocenters. The number of hydrogen-bond acceptors (Lipinski definition) is 3. The van der Waals surface area contributed by atoms with Gasteiger partial charge in [0, 0.05) is 39.0 Å². The van der Waals surface area contributed by atoms with Crippen molar-refractivity contribution in [2.75, 3.05) is 32.8 Å². The standard InChI is InChI=1S/C16H29N5O.HI/c1-3-17-16(18-7-4-10-22-13-15-5-6-15)19-8-9-21-12-14(2)11-20-21;/h11-12,15H,3-10,13H2,1-2H3,(H2,17,18,19);1H. The maximum absolute atomic E-state index is 5.62. The largest absolute Gasteiger partial charge is 0.381 e. The summed E-state index contributed by atoms with van der Waals surface area (Å²) in [6.45, 7) is 9.18. The molecule has 6 nitrogen and oxygen atoms in total. The summed E-state index contributed by atoms with van der Waals surface area (Å²) in [6, 6.07) is 0. The van der Waals surface area contributed by atoms with Gasteiger partial charge >= 0.3 is 0 Å². The number of halogens is 1. The van der Waals surface area contributed by atoms with Gasteiger partial charge in [-0.1, -0.05) is 0 Å². The lowest BCUT2D eigenvalue weighted by Crippen LogP contribution is -2.39. The molecule has 7 heteroatoms. The van der Waals surface area contributed by atoms with Crippen LogP contribution in [0.1, 0.15) is 31.7 Å². The van der Waals surface area contributed by atoms with Gasteiger partial charge in [-0.05, 0) is 44.6 Å². The molecule has 1 fully saturated rings. The molecule has 1 aromatic heterocycles. The molecule has 1 aromatic rings. The molecule has 0 amide bonds. The average Bonchev–Trinajstić information content (AvgIpc) is 3.24. The monoisotopic (exact) mass is 435 g/mol. The minimum atomic E-state index is 0. The Kier molecular flexibility index (Phi) is 10.3. The highest BCUT2D eigenvalue weighted by atomic mass is 127. The van der Waals surface area contributed by atoms with Crippen LogP contribution >= 0.6 is 24.0 Å². The van der Waals surface area contributed by atoms with Crippen LogP contribution in [0.5, 0.6) is 0 Å². The highest BCUT2D eigenvalue weighted by Gasteiger charge is 2.20. The zero-order valence-corrected chi connectivity index (χ0v) is 16.6. The molecule has 0 spiro atoms. The Balaban J connectivity index is 0.00000264.